The lowest BCUT2D eigenvalue weighted by Crippen LogP contribution is -2.32. The summed E-state index contributed by atoms with van der Waals surface area (Å²) in [5.74, 6) is 0.113. The molecule has 96 valence electrons. The molecule has 1 aliphatic heterocycles. The molecule has 1 aromatic rings. The van der Waals surface area contributed by atoms with Gasteiger partial charge in [-0.15, -0.1) is 0 Å². The van der Waals surface area contributed by atoms with Crippen molar-refractivity contribution in [3.63, 3.8) is 0 Å². The molecule has 0 aromatic carbocycles. The van der Waals surface area contributed by atoms with Gasteiger partial charge in [-0.25, -0.2) is 9.78 Å². The number of aromatic nitrogens is 1. The normalized spacial score (nSPS) is 18.3. The Balaban J connectivity index is 2.00. The van der Waals surface area contributed by atoms with Crippen LogP contribution < -0.4 is 10.6 Å². The molecular weight excluding hydrogens is 234 g/mol. The lowest BCUT2D eigenvalue weighted by molar-refractivity contribution is -0.119. The first-order valence-corrected chi connectivity index (χ1v) is 5.77. The monoisotopic (exact) mass is 249 g/mol. The molecule has 6 heteroatoms. The molecule has 0 radical (unpaired) electrons. The minimum absolute atomic E-state index is 0.0658. The number of pyridine rings is 1. The summed E-state index contributed by atoms with van der Waals surface area (Å²) in [5, 5.41) is 5.91. The summed E-state index contributed by atoms with van der Waals surface area (Å²) in [6, 6.07) is 3.41. The Labute approximate surface area is 105 Å². The predicted molar refractivity (Wildman–Crippen MR) is 65.2 cm³/mol. The van der Waals surface area contributed by atoms with Crippen LogP contribution in [-0.4, -0.2) is 36.6 Å². The molecular formula is C12H15N3O3. The summed E-state index contributed by atoms with van der Waals surface area (Å²) < 4.78 is 4.68. The molecule has 2 rings (SSSR count). The maximum atomic E-state index is 11.5. The number of nitrogens with one attached hydrogen (secondary N) is 2. The van der Waals surface area contributed by atoms with Crippen LogP contribution in [0.25, 0.3) is 0 Å². The Bertz CT molecular complexity index is 462. The van der Waals surface area contributed by atoms with E-state index in [9.17, 15) is 9.59 Å². The Morgan fingerprint density at radius 1 is 1.67 bits per heavy atom. The van der Waals surface area contributed by atoms with Crippen molar-refractivity contribution in [1.29, 1.82) is 0 Å². The predicted octanol–water partition coefficient (Wildman–Crippen LogP) is 0.559. The number of carbonyl (C=O) groups is 2. The zero-order valence-electron chi connectivity index (χ0n) is 10.1. The molecule has 0 spiro atoms. The molecule has 1 aliphatic rings. The van der Waals surface area contributed by atoms with Crippen LogP contribution in [-0.2, 0) is 9.53 Å². The zero-order valence-corrected chi connectivity index (χ0v) is 10.1. The lowest BCUT2D eigenvalue weighted by Gasteiger charge is -2.13. The van der Waals surface area contributed by atoms with Crippen molar-refractivity contribution >= 4 is 17.7 Å². The van der Waals surface area contributed by atoms with E-state index in [1.165, 1.54) is 7.11 Å². The minimum atomic E-state index is -0.430. The highest BCUT2D eigenvalue weighted by atomic mass is 16.5. The Morgan fingerprint density at radius 3 is 3.17 bits per heavy atom. The van der Waals surface area contributed by atoms with E-state index in [4.69, 9.17) is 0 Å². The first-order valence-electron chi connectivity index (χ1n) is 5.77. The van der Waals surface area contributed by atoms with E-state index in [0.29, 0.717) is 24.3 Å². The molecule has 1 unspecified atom stereocenters. The largest absolute Gasteiger partial charge is 0.465 e. The van der Waals surface area contributed by atoms with E-state index in [-0.39, 0.29) is 11.9 Å². The maximum absolute atomic E-state index is 11.5. The van der Waals surface area contributed by atoms with Crippen molar-refractivity contribution in [3.8, 4) is 0 Å². The van der Waals surface area contributed by atoms with Crippen molar-refractivity contribution in [2.45, 2.75) is 18.9 Å². The quantitative estimate of drug-likeness (QED) is 0.762. The van der Waals surface area contributed by atoms with Gasteiger partial charge in [0.05, 0.1) is 7.11 Å². The van der Waals surface area contributed by atoms with E-state index in [1.54, 1.807) is 18.3 Å². The maximum Gasteiger partial charge on any atom is 0.341 e. The van der Waals surface area contributed by atoms with Gasteiger partial charge in [0, 0.05) is 25.2 Å². The number of nitrogens with zero attached hydrogens (tertiary/aromatic N) is 1. The second-order valence-electron chi connectivity index (χ2n) is 4.08. The lowest BCUT2D eigenvalue weighted by atomic mass is 10.2. The van der Waals surface area contributed by atoms with Crippen LogP contribution >= 0.6 is 0 Å². The van der Waals surface area contributed by atoms with Crippen LogP contribution in [0.5, 0.6) is 0 Å². The Kier molecular flexibility index (Phi) is 3.76. The molecule has 2 heterocycles. The number of methoxy groups -OCH3 is 1. The molecule has 6 nitrogen and oxygen atoms in total. The van der Waals surface area contributed by atoms with Gasteiger partial charge in [-0.05, 0) is 18.6 Å². The summed E-state index contributed by atoms with van der Waals surface area (Å²) in [7, 11) is 1.33. The molecule has 0 bridgehead atoms. The van der Waals surface area contributed by atoms with Crippen molar-refractivity contribution in [2.24, 2.45) is 0 Å². The van der Waals surface area contributed by atoms with Crippen LogP contribution in [0.3, 0.4) is 0 Å². The number of esters is 1. The molecule has 18 heavy (non-hydrogen) atoms. The van der Waals surface area contributed by atoms with Gasteiger partial charge in [0.15, 0.2) is 0 Å². The van der Waals surface area contributed by atoms with E-state index in [1.807, 2.05) is 0 Å². The van der Waals surface area contributed by atoms with Crippen LogP contribution in [0.2, 0.25) is 0 Å². The fraction of sp³-hybridized carbons (Fsp3) is 0.417. The number of hydrogen-bond donors (Lipinski definition) is 2. The van der Waals surface area contributed by atoms with Gasteiger partial charge in [-0.3, -0.25) is 4.79 Å². The van der Waals surface area contributed by atoms with Crippen molar-refractivity contribution < 1.29 is 14.3 Å². The van der Waals surface area contributed by atoms with Gasteiger partial charge < -0.3 is 15.4 Å². The third kappa shape index (κ3) is 2.77. The Morgan fingerprint density at radius 2 is 2.50 bits per heavy atom. The van der Waals surface area contributed by atoms with E-state index in [0.717, 1.165) is 6.42 Å². The average molecular weight is 249 g/mol. The molecule has 0 aliphatic carbocycles. The zero-order chi connectivity index (χ0) is 13.0. The van der Waals surface area contributed by atoms with Crippen molar-refractivity contribution in [1.82, 2.24) is 10.3 Å². The first-order chi connectivity index (χ1) is 8.70. The van der Waals surface area contributed by atoms with E-state index >= 15 is 0 Å². The first kappa shape index (κ1) is 12.3. The van der Waals surface area contributed by atoms with Crippen LogP contribution in [0, 0.1) is 0 Å². The van der Waals surface area contributed by atoms with Crippen LogP contribution in [0.1, 0.15) is 23.2 Å². The average Bonchev–Trinajstić information content (AvgIpc) is 2.81. The molecule has 1 atom stereocenters. The summed E-state index contributed by atoms with van der Waals surface area (Å²) in [5.41, 5.74) is 0.393. The second kappa shape index (κ2) is 5.48. The summed E-state index contributed by atoms with van der Waals surface area (Å²) in [6.07, 6.45) is 2.95. The SMILES string of the molecule is COC(=O)c1cccnc1NCC1CCC(=O)N1. The van der Waals surface area contributed by atoms with Crippen LogP contribution in [0.4, 0.5) is 5.82 Å². The van der Waals surface area contributed by atoms with Gasteiger partial charge in [0.1, 0.15) is 11.4 Å². The highest BCUT2D eigenvalue weighted by Gasteiger charge is 2.21. The highest BCUT2D eigenvalue weighted by Crippen LogP contribution is 2.14. The van der Waals surface area contributed by atoms with Gasteiger partial charge in [-0.1, -0.05) is 0 Å². The van der Waals surface area contributed by atoms with Gasteiger partial charge in [0.2, 0.25) is 5.91 Å². The van der Waals surface area contributed by atoms with Gasteiger partial charge >= 0.3 is 5.97 Å². The molecule has 0 saturated carbocycles. The van der Waals surface area contributed by atoms with Crippen LogP contribution in [0.15, 0.2) is 18.3 Å². The number of ether oxygens (including phenoxy) is 1. The van der Waals surface area contributed by atoms with Gasteiger partial charge in [-0.2, -0.15) is 0 Å². The molecule has 1 amide bonds. The summed E-state index contributed by atoms with van der Waals surface area (Å²) in [4.78, 5) is 26.7. The Hall–Kier alpha value is -2.11. The van der Waals surface area contributed by atoms with E-state index in [2.05, 4.69) is 20.4 Å². The third-order valence-electron chi connectivity index (χ3n) is 2.81. The fourth-order valence-electron chi connectivity index (χ4n) is 1.87. The van der Waals surface area contributed by atoms with Crippen molar-refractivity contribution in [2.75, 3.05) is 19.0 Å². The third-order valence-corrected chi connectivity index (χ3v) is 2.81. The fourth-order valence-corrected chi connectivity index (χ4v) is 1.87. The number of anilines is 1. The van der Waals surface area contributed by atoms with Gasteiger partial charge in [0.25, 0.3) is 0 Å². The smallest absolute Gasteiger partial charge is 0.341 e. The minimum Gasteiger partial charge on any atom is -0.465 e. The summed E-state index contributed by atoms with van der Waals surface area (Å²) >= 11 is 0. The van der Waals surface area contributed by atoms with Crippen molar-refractivity contribution in [3.05, 3.63) is 23.9 Å². The number of carbonyl (C=O) groups excluding carboxylic acids is 2. The number of hydrogen-bond acceptors (Lipinski definition) is 5. The van der Waals surface area contributed by atoms with E-state index < -0.39 is 5.97 Å². The number of rotatable bonds is 4. The molecule has 1 fully saturated rings. The topological polar surface area (TPSA) is 80.3 Å². The standard InChI is InChI=1S/C12H15N3O3/c1-18-12(17)9-3-2-6-13-11(9)14-7-8-4-5-10(16)15-8/h2-3,6,8H,4-5,7H2,1H3,(H,13,14)(H,15,16). The molecule has 2 N–H and O–H groups in total. The molecule has 1 saturated heterocycles. The summed E-state index contributed by atoms with van der Waals surface area (Å²) in [6.45, 7) is 0.548. The highest BCUT2D eigenvalue weighted by molar-refractivity contribution is 5.94. The number of amides is 1. The molecule has 1 aromatic heterocycles. The second-order valence-corrected chi connectivity index (χ2v) is 4.08.